The van der Waals surface area contributed by atoms with Crippen molar-refractivity contribution in [2.24, 2.45) is 0 Å². The molecule has 0 atom stereocenters. The number of anilines is 1. The Balaban J connectivity index is 1.98. The van der Waals surface area contributed by atoms with E-state index in [1.54, 1.807) is 13.0 Å². The maximum Gasteiger partial charge on any atom is 0.338 e. The van der Waals surface area contributed by atoms with Gasteiger partial charge in [0, 0.05) is 17.3 Å². The molecule has 0 aromatic heterocycles. The summed E-state index contributed by atoms with van der Waals surface area (Å²) in [5.41, 5.74) is 0.787. The highest BCUT2D eigenvalue weighted by atomic mass is 16.6. The molecule has 9 heteroatoms. The maximum absolute atomic E-state index is 12.1. The van der Waals surface area contributed by atoms with Gasteiger partial charge in [0.15, 0.2) is 18.1 Å². The van der Waals surface area contributed by atoms with Gasteiger partial charge in [0.1, 0.15) is 0 Å². The van der Waals surface area contributed by atoms with Gasteiger partial charge in [-0.2, -0.15) is 0 Å². The summed E-state index contributed by atoms with van der Waals surface area (Å²) in [7, 11) is 1.45. The second-order valence-corrected chi connectivity index (χ2v) is 5.68. The zero-order chi connectivity index (χ0) is 20.7. The molecule has 1 amide bonds. The molecular formula is C19H20N2O7. The van der Waals surface area contributed by atoms with Gasteiger partial charge in [-0.15, -0.1) is 0 Å². The fourth-order valence-electron chi connectivity index (χ4n) is 2.36. The summed E-state index contributed by atoms with van der Waals surface area (Å²) in [6, 6.07) is 8.81. The first-order valence-corrected chi connectivity index (χ1v) is 8.38. The number of hydrogen-bond acceptors (Lipinski definition) is 7. The van der Waals surface area contributed by atoms with Crippen molar-refractivity contribution in [3.8, 4) is 11.5 Å². The number of amides is 1. The standard InChI is InChI=1S/C19H20N2O7/c1-4-27-16-8-6-13(9-17(16)26-3)19(23)28-11-18(22)20-14-7-5-12(2)15(10-14)21(24)25/h5-10H,4,11H2,1-3H3,(H,20,22). The molecule has 2 aromatic carbocycles. The number of methoxy groups -OCH3 is 1. The van der Waals surface area contributed by atoms with Crippen molar-refractivity contribution >= 4 is 23.3 Å². The Hall–Kier alpha value is -3.62. The fourth-order valence-corrected chi connectivity index (χ4v) is 2.36. The monoisotopic (exact) mass is 388 g/mol. The number of benzene rings is 2. The van der Waals surface area contributed by atoms with Gasteiger partial charge in [-0.1, -0.05) is 6.07 Å². The third-order valence-electron chi connectivity index (χ3n) is 3.72. The van der Waals surface area contributed by atoms with Crippen LogP contribution in [0.1, 0.15) is 22.8 Å². The maximum atomic E-state index is 12.1. The number of aryl methyl sites for hydroxylation is 1. The van der Waals surface area contributed by atoms with Crippen LogP contribution < -0.4 is 14.8 Å². The van der Waals surface area contributed by atoms with Crippen LogP contribution in [0.5, 0.6) is 11.5 Å². The molecule has 0 saturated heterocycles. The number of nitrogens with zero attached hydrogens (tertiary/aromatic N) is 1. The molecule has 0 fully saturated rings. The molecule has 0 aliphatic heterocycles. The highest BCUT2D eigenvalue weighted by molar-refractivity contribution is 5.96. The van der Waals surface area contributed by atoms with E-state index < -0.39 is 23.4 Å². The SMILES string of the molecule is CCOc1ccc(C(=O)OCC(=O)Nc2ccc(C)c([N+](=O)[O-])c2)cc1OC. The summed E-state index contributed by atoms with van der Waals surface area (Å²) in [6.45, 7) is 3.31. The van der Waals surface area contributed by atoms with Gasteiger partial charge in [-0.25, -0.2) is 4.79 Å². The number of rotatable bonds is 8. The smallest absolute Gasteiger partial charge is 0.338 e. The molecule has 28 heavy (non-hydrogen) atoms. The van der Waals surface area contributed by atoms with E-state index in [1.165, 1.54) is 37.4 Å². The molecular weight excluding hydrogens is 368 g/mol. The molecule has 2 rings (SSSR count). The fraction of sp³-hybridized carbons (Fsp3) is 0.263. The van der Waals surface area contributed by atoms with Crippen LogP contribution in [0.15, 0.2) is 36.4 Å². The summed E-state index contributed by atoms with van der Waals surface area (Å²) in [4.78, 5) is 34.5. The topological polar surface area (TPSA) is 117 Å². The predicted octanol–water partition coefficient (Wildman–Crippen LogP) is 3.11. The molecule has 0 aliphatic rings. The van der Waals surface area contributed by atoms with Crippen LogP contribution in [-0.4, -0.2) is 37.1 Å². The van der Waals surface area contributed by atoms with Gasteiger partial charge >= 0.3 is 5.97 Å². The van der Waals surface area contributed by atoms with Crippen molar-refractivity contribution in [1.29, 1.82) is 0 Å². The van der Waals surface area contributed by atoms with Gasteiger partial charge in [0.2, 0.25) is 0 Å². The lowest BCUT2D eigenvalue weighted by atomic mass is 10.2. The predicted molar refractivity (Wildman–Crippen MR) is 101 cm³/mol. The third-order valence-corrected chi connectivity index (χ3v) is 3.72. The Bertz CT molecular complexity index is 896. The lowest BCUT2D eigenvalue weighted by Gasteiger charge is -2.11. The molecule has 0 radical (unpaired) electrons. The van der Waals surface area contributed by atoms with E-state index in [9.17, 15) is 19.7 Å². The van der Waals surface area contributed by atoms with Crippen LogP contribution in [0, 0.1) is 17.0 Å². The minimum absolute atomic E-state index is 0.115. The highest BCUT2D eigenvalue weighted by Crippen LogP contribution is 2.28. The van der Waals surface area contributed by atoms with Crippen molar-refractivity contribution in [3.05, 3.63) is 57.6 Å². The summed E-state index contributed by atoms with van der Waals surface area (Å²) < 4.78 is 15.5. The van der Waals surface area contributed by atoms with Crippen LogP contribution in [0.3, 0.4) is 0 Å². The van der Waals surface area contributed by atoms with Crippen molar-refractivity contribution in [1.82, 2.24) is 0 Å². The molecule has 2 aromatic rings. The van der Waals surface area contributed by atoms with Crippen LogP contribution in [0.25, 0.3) is 0 Å². The van der Waals surface area contributed by atoms with E-state index in [4.69, 9.17) is 14.2 Å². The number of nitrogens with one attached hydrogen (secondary N) is 1. The van der Waals surface area contributed by atoms with E-state index >= 15 is 0 Å². The number of hydrogen-bond donors (Lipinski definition) is 1. The Morgan fingerprint density at radius 3 is 2.54 bits per heavy atom. The minimum Gasteiger partial charge on any atom is -0.493 e. The van der Waals surface area contributed by atoms with E-state index in [0.717, 1.165) is 0 Å². The molecule has 0 spiro atoms. The first-order valence-electron chi connectivity index (χ1n) is 8.38. The summed E-state index contributed by atoms with van der Waals surface area (Å²) in [6.07, 6.45) is 0. The number of nitro benzene ring substituents is 1. The number of nitro groups is 1. The van der Waals surface area contributed by atoms with Crippen molar-refractivity contribution in [2.75, 3.05) is 25.6 Å². The Labute approximate surface area is 161 Å². The number of esters is 1. The van der Waals surface area contributed by atoms with Crippen LogP contribution in [-0.2, 0) is 9.53 Å². The average Bonchev–Trinajstić information content (AvgIpc) is 2.67. The Morgan fingerprint density at radius 2 is 1.89 bits per heavy atom. The van der Waals surface area contributed by atoms with Gasteiger partial charge in [-0.3, -0.25) is 14.9 Å². The second-order valence-electron chi connectivity index (χ2n) is 5.68. The van der Waals surface area contributed by atoms with E-state index in [-0.39, 0.29) is 16.9 Å². The molecule has 0 unspecified atom stereocenters. The summed E-state index contributed by atoms with van der Waals surface area (Å²) in [5, 5.41) is 13.4. The summed E-state index contributed by atoms with van der Waals surface area (Å²) in [5.74, 6) is -0.483. The lowest BCUT2D eigenvalue weighted by molar-refractivity contribution is -0.385. The Kier molecular flexibility index (Phi) is 6.91. The average molecular weight is 388 g/mol. The number of carbonyl (C=O) groups is 2. The zero-order valence-electron chi connectivity index (χ0n) is 15.7. The lowest BCUT2D eigenvalue weighted by Crippen LogP contribution is -2.21. The van der Waals surface area contributed by atoms with Gasteiger partial charge < -0.3 is 19.5 Å². The minimum atomic E-state index is -0.716. The van der Waals surface area contributed by atoms with Crippen LogP contribution in [0.2, 0.25) is 0 Å². The van der Waals surface area contributed by atoms with Gasteiger partial charge in [0.05, 0.1) is 24.2 Å². The van der Waals surface area contributed by atoms with Crippen molar-refractivity contribution < 1.29 is 28.7 Å². The first kappa shape index (κ1) is 20.7. The van der Waals surface area contributed by atoms with Gasteiger partial charge in [-0.05, 0) is 38.1 Å². The van der Waals surface area contributed by atoms with Crippen LogP contribution in [0.4, 0.5) is 11.4 Å². The molecule has 0 aliphatic carbocycles. The first-order chi connectivity index (χ1) is 13.3. The normalized spacial score (nSPS) is 10.1. The quantitative estimate of drug-likeness (QED) is 0.419. The van der Waals surface area contributed by atoms with Crippen LogP contribution >= 0.6 is 0 Å². The molecule has 0 heterocycles. The Morgan fingerprint density at radius 1 is 1.14 bits per heavy atom. The van der Waals surface area contributed by atoms with E-state index in [0.29, 0.717) is 23.7 Å². The highest BCUT2D eigenvalue weighted by Gasteiger charge is 2.15. The van der Waals surface area contributed by atoms with Crippen molar-refractivity contribution in [2.45, 2.75) is 13.8 Å². The largest absolute Gasteiger partial charge is 0.493 e. The zero-order valence-corrected chi connectivity index (χ0v) is 15.7. The van der Waals surface area contributed by atoms with Crippen molar-refractivity contribution in [3.63, 3.8) is 0 Å². The molecule has 1 N–H and O–H groups in total. The number of carbonyl (C=O) groups excluding carboxylic acids is 2. The molecule has 0 bridgehead atoms. The number of ether oxygens (including phenoxy) is 3. The molecule has 148 valence electrons. The third kappa shape index (κ3) is 5.19. The molecule has 9 nitrogen and oxygen atoms in total. The van der Waals surface area contributed by atoms with Gasteiger partial charge in [0.25, 0.3) is 11.6 Å². The van der Waals surface area contributed by atoms with E-state index in [2.05, 4.69) is 5.32 Å². The summed E-state index contributed by atoms with van der Waals surface area (Å²) >= 11 is 0. The second kappa shape index (κ2) is 9.36. The van der Waals surface area contributed by atoms with E-state index in [1.807, 2.05) is 6.92 Å². The molecule has 0 saturated carbocycles.